The zero-order valence-corrected chi connectivity index (χ0v) is 21.5. The van der Waals surface area contributed by atoms with Gasteiger partial charge in [0.25, 0.3) is 5.91 Å². The molecule has 0 bridgehead atoms. The van der Waals surface area contributed by atoms with E-state index in [1.807, 2.05) is 87.5 Å². The average molecular weight is 510 g/mol. The molecule has 4 rings (SSSR count). The van der Waals surface area contributed by atoms with E-state index < -0.39 is 0 Å². The van der Waals surface area contributed by atoms with Crippen LogP contribution < -0.4 is 14.4 Å². The third-order valence-corrected chi connectivity index (χ3v) is 6.98. The molecular weight excluding hydrogens is 486 g/mol. The Hall–Kier alpha value is -2.80. The van der Waals surface area contributed by atoms with Gasteiger partial charge in [-0.25, -0.2) is 0 Å². The molecular formula is C27H24ClNO3S2. The van der Waals surface area contributed by atoms with Crippen molar-refractivity contribution in [1.29, 1.82) is 0 Å². The smallest absolute Gasteiger partial charge is 0.270 e. The van der Waals surface area contributed by atoms with Crippen molar-refractivity contribution in [3.8, 4) is 11.5 Å². The predicted octanol–water partition coefficient (Wildman–Crippen LogP) is 7.34. The third kappa shape index (κ3) is 5.30. The predicted molar refractivity (Wildman–Crippen MR) is 145 cm³/mol. The summed E-state index contributed by atoms with van der Waals surface area (Å²) in [5.74, 6) is 1.09. The summed E-state index contributed by atoms with van der Waals surface area (Å²) < 4.78 is 12.3. The van der Waals surface area contributed by atoms with Gasteiger partial charge in [-0.05, 0) is 67.8 Å². The van der Waals surface area contributed by atoms with E-state index in [2.05, 4.69) is 0 Å². The van der Waals surface area contributed by atoms with Gasteiger partial charge >= 0.3 is 0 Å². The summed E-state index contributed by atoms with van der Waals surface area (Å²) in [5.41, 5.74) is 4.62. The van der Waals surface area contributed by atoms with E-state index in [-0.39, 0.29) is 5.91 Å². The maximum Gasteiger partial charge on any atom is 0.270 e. The molecule has 0 atom stereocenters. The van der Waals surface area contributed by atoms with E-state index in [0.717, 1.165) is 27.9 Å². The van der Waals surface area contributed by atoms with Gasteiger partial charge in [-0.1, -0.05) is 72.0 Å². The minimum absolute atomic E-state index is 0.124. The van der Waals surface area contributed by atoms with Crippen molar-refractivity contribution < 1.29 is 14.3 Å². The van der Waals surface area contributed by atoms with Crippen molar-refractivity contribution in [2.75, 3.05) is 11.5 Å². The molecule has 0 radical (unpaired) electrons. The molecule has 1 saturated heterocycles. The number of carbonyl (C=O) groups excluding carboxylic acids is 1. The zero-order chi connectivity index (χ0) is 24.2. The summed E-state index contributed by atoms with van der Waals surface area (Å²) in [7, 11) is 0. The molecule has 0 unspecified atom stereocenters. The Morgan fingerprint density at radius 2 is 1.82 bits per heavy atom. The number of ether oxygens (including phenoxy) is 2. The summed E-state index contributed by atoms with van der Waals surface area (Å²) >= 11 is 13.1. The molecule has 3 aromatic carbocycles. The van der Waals surface area contributed by atoms with E-state index >= 15 is 0 Å². The lowest BCUT2D eigenvalue weighted by Gasteiger charge is -2.17. The summed E-state index contributed by atoms with van der Waals surface area (Å²) in [6.07, 6.45) is 1.84. The number of rotatable bonds is 7. The lowest BCUT2D eigenvalue weighted by atomic mass is 10.1. The molecule has 174 valence electrons. The Morgan fingerprint density at radius 1 is 1.03 bits per heavy atom. The Labute approximate surface area is 214 Å². The second-order valence-corrected chi connectivity index (χ2v) is 9.91. The van der Waals surface area contributed by atoms with E-state index in [1.165, 1.54) is 11.8 Å². The van der Waals surface area contributed by atoms with Crippen LogP contribution >= 0.6 is 35.6 Å². The maximum atomic E-state index is 13.2. The first kappa shape index (κ1) is 24.3. The minimum atomic E-state index is -0.124. The van der Waals surface area contributed by atoms with Gasteiger partial charge in [-0.3, -0.25) is 9.69 Å². The molecule has 0 aromatic heterocycles. The first-order valence-corrected chi connectivity index (χ1v) is 12.5. The lowest BCUT2D eigenvalue weighted by Crippen LogP contribution is -2.28. The number of aryl methyl sites for hydroxylation is 2. The highest BCUT2D eigenvalue weighted by atomic mass is 35.5. The first-order valence-electron chi connectivity index (χ1n) is 10.9. The summed E-state index contributed by atoms with van der Waals surface area (Å²) in [4.78, 5) is 15.4. The third-order valence-electron chi connectivity index (χ3n) is 5.31. The number of anilines is 1. The Balaban J connectivity index is 1.58. The number of thiocarbonyl (C=S) groups is 1. The lowest BCUT2D eigenvalue weighted by molar-refractivity contribution is -0.113. The van der Waals surface area contributed by atoms with Crippen LogP contribution in [0.5, 0.6) is 11.5 Å². The Kier molecular flexibility index (Phi) is 7.61. The van der Waals surface area contributed by atoms with E-state index in [0.29, 0.717) is 39.0 Å². The van der Waals surface area contributed by atoms with E-state index in [9.17, 15) is 4.79 Å². The second-order valence-electron chi connectivity index (χ2n) is 7.83. The number of hydrogen-bond acceptors (Lipinski definition) is 5. The number of carbonyl (C=O) groups is 1. The number of nitrogens with zero attached hydrogens (tertiary/aromatic N) is 1. The molecule has 1 heterocycles. The van der Waals surface area contributed by atoms with Crippen molar-refractivity contribution in [1.82, 2.24) is 0 Å². The van der Waals surface area contributed by atoms with Crippen LogP contribution in [-0.2, 0) is 11.4 Å². The summed E-state index contributed by atoms with van der Waals surface area (Å²) in [5, 5.41) is 0.656. The van der Waals surface area contributed by atoms with Gasteiger partial charge in [-0.15, -0.1) is 0 Å². The summed E-state index contributed by atoms with van der Waals surface area (Å²) in [6.45, 7) is 6.71. The highest BCUT2D eigenvalue weighted by molar-refractivity contribution is 8.27. The number of halogens is 1. The fourth-order valence-electron chi connectivity index (χ4n) is 3.56. The van der Waals surface area contributed by atoms with Crippen molar-refractivity contribution in [3.63, 3.8) is 0 Å². The Morgan fingerprint density at radius 3 is 2.59 bits per heavy atom. The standard InChI is InChI=1S/C27H24ClNO3S2/c1-4-31-24-14-19(11-12-23(24)32-16-20-7-5-6-8-21(20)28)15-25-26(30)29(27(33)34-25)22-13-17(2)9-10-18(22)3/h5-15H,4,16H2,1-3H3/b25-15-. The molecule has 1 fully saturated rings. The molecule has 1 aliphatic heterocycles. The van der Waals surface area contributed by atoms with Crippen LogP contribution in [0.3, 0.4) is 0 Å². The average Bonchev–Trinajstić information content (AvgIpc) is 3.08. The highest BCUT2D eigenvalue weighted by Gasteiger charge is 2.34. The molecule has 1 amide bonds. The molecule has 0 aliphatic carbocycles. The SMILES string of the molecule is CCOc1cc(/C=C2\SC(=S)N(c3cc(C)ccc3C)C2=O)ccc1OCc1ccccc1Cl. The number of thioether (sulfide) groups is 1. The van der Waals surface area contributed by atoms with Crippen molar-refractivity contribution in [3.05, 3.63) is 92.8 Å². The molecule has 0 spiro atoms. The molecule has 3 aromatic rings. The molecule has 0 saturated carbocycles. The molecule has 7 heteroatoms. The second kappa shape index (κ2) is 10.6. The molecule has 1 aliphatic rings. The molecule has 0 N–H and O–H groups in total. The van der Waals surface area contributed by atoms with Gasteiger partial charge in [0.1, 0.15) is 6.61 Å². The van der Waals surface area contributed by atoms with Gasteiger partial charge in [0.2, 0.25) is 0 Å². The van der Waals surface area contributed by atoms with Crippen LogP contribution in [0.25, 0.3) is 6.08 Å². The maximum absolute atomic E-state index is 13.2. The fourth-order valence-corrected chi connectivity index (χ4v) is 5.04. The minimum Gasteiger partial charge on any atom is -0.490 e. The van der Waals surface area contributed by atoms with E-state index in [1.54, 1.807) is 4.90 Å². The van der Waals surface area contributed by atoms with E-state index in [4.69, 9.17) is 33.3 Å². The van der Waals surface area contributed by atoms with Crippen LogP contribution in [0.4, 0.5) is 5.69 Å². The van der Waals surface area contributed by atoms with Gasteiger partial charge in [0, 0.05) is 10.6 Å². The van der Waals surface area contributed by atoms with Crippen LogP contribution in [0.2, 0.25) is 5.02 Å². The normalized spacial score (nSPS) is 14.7. The first-order chi connectivity index (χ1) is 16.4. The Bertz CT molecular complexity index is 1290. The number of benzene rings is 3. The van der Waals surface area contributed by atoms with Crippen molar-refractivity contribution in [2.24, 2.45) is 0 Å². The quantitative estimate of drug-likeness (QED) is 0.246. The van der Waals surface area contributed by atoms with Gasteiger partial charge in [-0.2, -0.15) is 0 Å². The monoisotopic (exact) mass is 509 g/mol. The highest BCUT2D eigenvalue weighted by Crippen LogP contribution is 2.38. The zero-order valence-electron chi connectivity index (χ0n) is 19.1. The van der Waals surface area contributed by atoms with Crippen molar-refractivity contribution >= 4 is 57.6 Å². The molecule has 34 heavy (non-hydrogen) atoms. The fraction of sp³-hybridized carbons (Fsp3) is 0.185. The van der Waals surface area contributed by atoms with Gasteiger partial charge < -0.3 is 9.47 Å². The number of hydrogen-bond donors (Lipinski definition) is 0. The number of amides is 1. The summed E-state index contributed by atoms with van der Waals surface area (Å²) in [6, 6.07) is 19.2. The van der Waals surface area contributed by atoms with Crippen molar-refractivity contribution in [2.45, 2.75) is 27.4 Å². The topological polar surface area (TPSA) is 38.8 Å². The van der Waals surface area contributed by atoms with Crippen LogP contribution in [0.1, 0.15) is 29.2 Å². The van der Waals surface area contributed by atoms with Crippen LogP contribution in [0.15, 0.2) is 65.6 Å². The van der Waals surface area contributed by atoms with Crippen LogP contribution in [0, 0.1) is 13.8 Å². The van der Waals surface area contributed by atoms with Crippen LogP contribution in [-0.4, -0.2) is 16.8 Å². The molecule has 4 nitrogen and oxygen atoms in total. The largest absolute Gasteiger partial charge is 0.490 e. The van der Waals surface area contributed by atoms with Gasteiger partial charge in [0.05, 0.1) is 17.2 Å². The van der Waals surface area contributed by atoms with Gasteiger partial charge in [0.15, 0.2) is 15.8 Å².